The first-order chi connectivity index (χ1) is 2.00. The van der Waals surface area contributed by atoms with Gasteiger partial charge in [-0.3, -0.25) is 0 Å². The molecular formula is Be2O4Si. The van der Waals surface area contributed by atoms with Gasteiger partial charge in [0, 0.05) is 0 Å². The topological polar surface area (TPSA) is 92.2 Å². The number of hydrogen-bond donors (Lipinski definition) is 0. The monoisotopic (exact) mass is 110 g/mol. The SMILES string of the molecule is [Be+2].[Be+2].[O-][Si]([O-])([O-])[O-]. The zero-order valence-corrected chi connectivity index (χ0v) is 4.55. The van der Waals surface area contributed by atoms with Crippen LogP contribution in [-0.2, 0) is 0 Å². The summed E-state index contributed by atoms with van der Waals surface area (Å²) in [6.45, 7) is 0. The minimum absolute atomic E-state index is 0. The molecule has 0 radical (unpaired) electrons. The van der Waals surface area contributed by atoms with Crippen molar-refractivity contribution in [2.24, 2.45) is 0 Å². The Morgan fingerprint density at radius 2 is 0.714 bits per heavy atom. The fourth-order valence-corrected chi connectivity index (χ4v) is 0. The van der Waals surface area contributed by atoms with E-state index < -0.39 is 9.05 Å². The predicted octanol–water partition coefficient (Wildman–Crippen LogP) is -5.90. The maximum absolute atomic E-state index is 8.58. The van der Waals surface area contributed by atoms with Gasteiger partial charge >= 0.3 is 20.2 Å². The van der Waals surface area contributed by atoms with Gasteiger partial charge in [-0.15, -0.1) is 0 Å². The first kappa shape index (κ1) is 15.7. The van der Waals surface area contributed by atoms with Crippen molar-refractivity contribution in [3.63, 3.8) is 0 Å². The van der Waals surface area contributed by atoms with Gasteiger partial charge in [-0.05, 0) is 0 Å². The summed E-state index contributed by atoms with van der Waals surface area (Å²) in [4.78, 5) is 34.3. The van der Waals surface area contributed by atoms with Gasteiger partial charge in [-0.2, -0.15) is 0 Å². The Labute approximate surface area is 49.4 Å². The van der Waals surface area contributed by atoms with Crippen molar-refractivity contribution in [1.29, 1.82) is 0 Å². The van der Waals surface area contributed by atoms with Crippen molar-refractivity contribution in [1.82, 2.24) is 0 Å². The Balaban J connectivity index is -0.0000000800. The molecule has 0 bridgehead atoms. The molecule has 7 heavy (non-hydrogen) atoms. The van der Waals surface area contributed by atoms with Crippen LogP contribution in [0.4, 0.5) is 0 Å². The van der Waals surface area contributed by atoms with Crippen molar-refractivity contribution in [2.45, 2.75) is 0 Å². The first-order valence-electron chi connectivity index (χ1n) is 0.816. The van der Waals surface area contributed by atoms with E-state index in [0.29, 0.717) is 0 Å². The number of hydrogen-bond acceptors (Lipinski definition) is 4. The average molecular weight is 110 g/mol. The Bertz CT molecular complexity index is 25.2. The van der Waals surface area contributed by atoms with E-state index in [4.69, 9.17) is 19.2 Å². The van der Waals surface area contributed by atoms with E-state index in [0.717, 1.165) is 0 Å². The van der Waals surface area contributed by atoms with Crippen LogP contribution in [0.3, 0.4) is 0 Å². The molecule has 0 aromatic carbocycles. The zero-order chi connectivity index (χ0) is 4.50. The molecule has 0 saturated heterocycles. The van der Waals surface area contributed by atoms with Crippen molar-refractivity contribution >= 4 is 29.3 Å². The molecule has 0 amide bonds. The number of rotatable bonds is 0. The molecule has 0 spiro atoms. The van der Waals surface area contributed by atoms with E-state index in [2.05, 4.69) is 0 Å². The van der Waals surface area contributed by atoms with E-state index in [1.165, 1.54) is 0 Å². The molecule has 0 heterocycles. The summed E-state index contributed by atoms with van der Waals surface area (Å²) in [5, 5.41) is 0. The van der Waals surface area contributed by atoms with Crippen LogP contribution >= 0.6 is 0 Å². The third-order valence-electron chi connectivity index (χ3n) is 0. The molecule has 0 aliphatic carbocycles. The molecule has 32 valence electrons. The fourth-order valence-electron chi connectivity index (χ4n) is 0. The van der Waals surface area contributed by atoms with Crippen molar-refractivity contribution in [3.05, 3.63) is 0 Å². The maximum atomic E-state index is 8.58. The molecular weight excluding hydrogens is 110 g/mol. The third-order valence-corrected chi connectivity index (χ3v) is 0. The summed E-state index contributed by atoms with van der Waals surface area (Å²) < 4.78 is 0. The normalized spacial score (nSPS) is 8.57. The molecule has 0 atom stereocenters. The smallest absolute Gasteiger partial charge is 0.894 e. The fraction of sp³-hybridized carbons (Fsp3) is 0. The molecule has 0 saturated carbocycles. The molecule has 0 N–H and O–H groups in total. The molecule has 0 aromatic heterocycles. The Morgan fingerprint density at radius 3 is 0.714 bits per heavy atom. The van der Waals surface area contributed by atoms with Crippen LogP contribution in [0.1, 0.15) is 0 Å². The second-order valence-corrected chi connectivity index (χ2v) is 1.50. The van der Waals surface area contributed by atoms with Gasteiger partial charge in [0.15, 0.2) is 0 Å². The van der Waals surface area contributed by atoms with Crippen LogP contribution in [0.15, 0.2) is 0 Å². The summed E-state index contributed by atoms with van der Waals surface area (Å²) in [7, 11) is -5.61. The van der Waals surface area contributed by atoms with Crippen molar-refractivity contribution < 1.29 is 19.2 Å². The quantitative estimate of drug-likeness (QED) is 0.290. The van der Waals surface area contributed by atoms with Gasteiger partial charge in [-0.1, -0.05) is 0 Å². The third kappa shape index (κ3) is 793. The zero-order valence-electron chi connectivity index (χ0n) is 3.55. The van der Waals surface area contributed by atoms with Crippen molar-refractivity contribution in [3.8, 4) is 0 Å². The summed E-state index contributed by atoms with van der Waals surface area (Å²) in [6.07, 6.45) is 0. The molecule has 0 aromatic rings. The van der Waals surface area contributed by atoms with Gasteiger partial charge in [0.25, 0.3) is 0 Å². The molecule has 0 aliphatic rings. The molecule has 4 nitrogen and oxygen atoms in total. The van der Waals surface area contributed by atoms with Crippen LogP contribution in [0, 0.1) is 0 Å². The Morgan fingerprint density at radius 1 is 0.714 bits per heavy atom. The van der Waals surface area contributed by atoms with Gasteiger partial charge < -0.3 is 28.2 Å². The van der Waals surface area contributed by atoms with Gasteiger partial charge in [0.2, 0.25) is 0 Å². The largest absolute Gasteiger partial charge is 2.00 e. The molecule has 0 rings (SSSR count). The average Bonchev–Trinajstić information content (AvgIpc) is 0.722. The first-order valence-corrected chi connectivity index (χ1v) is 2.45. The summed E-state index contributed by atoms with van der Waals surface area (Å²) in [5.41, 5.74) is 0. The summed E-state index contributed by atoms with van der Waals surface area (Å²) in [5.74, 6) is 0. The minimum Gasteiger partial charge on any atom is -0.894 e. The van der Waals surface area contributed by atoms with Crippen LogP contribution in [-0.4, -0.2) is 29.3 Å². The molecule has 0 aliphatic heterocycles. The van der Waals surface area contributed by atoms with Gasteiger partial charge in [0.05, 0.1) is 0 Å². The summed E-state index contributed by atoms with van der Waals surface area (Å²) >= 11 is 0. The van der Waals surface area contributed by atoms with Crippen LogP contribution in [0.5, 0.6) is 0 Å². The van der Waals surface area contributed by atoms with Gasteiger partial charge in [-0.25, -0.2) is 0 Å². The predicted molar refractivity (Wildman–Crippen MR) is 17.3 cm³/mol. The van der Waals surface area contributed by atoms with E-state index >= 15 is 0 Å². The van der Waals surface area contributed by atoms with Crippen LogP contribution < -0.4 is 19.2 Å². The van der Waals surface area contributed by atoms with E-state index in [1.807, 2.05) is 0 Å². The summed E-state index contributed by atoms with van der Waals surface area (Å²) in [6, 6.07) is 0. The van der Waals surface area contributed by atoms with E-state index in [9.17, 15) is 0 Å². The van der Waals surface area contributed by atoms with Crippen LogP contribution in [0.25, 0.3) is 0 Å². The molecule has 0 unspecified atom stereocenters. The Kier molecular flexibility index (Phi) is 10.2. The minimum atomic E-state index is -5.61. The molecule has 7 heteroatoms. The second kappa shape index (κ2) is 4.55. The Hall–Kier alpha value is 0.395. The van der Waals surface area contributed by atoms with Gasteiger partial charge in [0.1, 0.15) is 0 Å². The second-order valence-electron chi connectivity index (χ2n) is 0.500. The van der Waals surface area contributed by atoms with E-state index in [-0.39, 0.29) is 20.2 Å². The van der Waals surface area contributed by atoms with Crippen LogP contribution in [0.2, 0.25) is 0 Å². The standard InChI is InChI=1S/2Be.O4Si/c;;1-5(2,3)4/q2*+2;-4. The molecule has 0 fully saturated rings. The van der Waals surface area contributed by atoms with E-state index in [1.54, 1.807) is 0 Å². The van der Waals surface area contributed by atoms with Crippen molar-refractivity contribution in [2.75, 3.05) is 0 Å². The maximum Gasteiger partial charge on any atom is 2.00 e.